The van der Waals surface area contributed by atoms with Gasteiger partial charge in [0.1, 0.15) is 5.82 Å². The highest BCUT2D eigenvalue weighted by molar-refractivity contribution is 7.99. The van der Waals surface area contributed by atoms with Gasteiger partial charge in [-0.25, -0.2) is 4.68 Å². The summed E-state index contributed by atoms with van der Waals surface area (Å²) in [4.78, 5) is 12.2. The van der Waals surface area contributed by atoms with Gasteiger partial charge in [0, 0.05) is 12.1 Å². The van der Waals surface area contributed by atoms with Crippen LogP contribution in [0.5, 0.6) is 0 Å². The number of hydrogen-bond donors (Lipinski definition) is 1. The van der Waals surface area contributed by atoms with Crippen LogP contribution >= 0.6 is 11.8 Å². The summed E-state index contributed by atoms with van der Waals surface area (Å²) in [7, 11) is 0. The first-order valence-corrected chi connectivity index (χ1v) is 8.85. The molecule has 0 saturated heterocycles. The standard InChI is InChI=1S/C16H19N7OS/c1-11(2)22-14(8-9-17-22)18-15(24)10-25-16-19-20-21-23(16)13-7-5-4-6-12(13)3/h4-9,11H,10H2,1-3H3,(H,18,24). The van der Waals surface area contributed by atoms with Gasteiger partial charge < -0.3 is 5.32 Å². The minimum absolute atomic E-state index is 0.133. The Labute approximate surface area is 149 Å². The predicted molar refractivity (Wildman–Crippen MR) is 95.9 cm³/mol. The topological polar surface area (TPSA) is 90.5 Å². The van der Waals surface area contributed by atoms with Crippen LogP contribution in [0.3, 0.4) is 0 Å². The summed E-state index contributed by atoms with van der Waals surface area (Å²) in [6.45, 7) is 6.01. The Kier molecular flexibility index (Phi) is 5.13. The third kappa shape index (κ3) is 3.87. The van der Waals surface area contributed by atoms with Crippen molar-refractivity contribution >= 4 is 23.5 Å². The Balaban J connectivity index is 1.67. The second-order valence-electron chi connectivity index (χ2n) is 5.75. The summed E-state index contributed by atoms with van der Waals surface area (Å²) in [5.74, 6) is 0.751. The van der Waals surface area contributed by atoms with Gasteiger partial charge in [-0.2, -0.15) is 9.78 Å². The fourth-order valence-corrected chi connectivity index (χ4v) is 3.04. The Morgan fingerprint density at radius 3 is 2.84 bits per heavy atom. The van der Waals surface area contributed by atoms with E-state index in [1.807, 2.05) is 45.0 Å². The fraction of sp³-hybridized carbons (Fsp3) is 0.312. The number of hydrogen-bond acceptors (Lipinski definition) is 6. The maximum atomic E-state index is 12.2. The normalized spacial score (nSPS) is 11.0. The highest BCUT2D eigenvalue weighted by Gasteiger charge is 2.14. The summed E-state index contributed by atoms with van der Waals surface area (Å²) < 4.78 is 3.41. The van der Waals surface area contributed by atoms with Crippen molar-refractivity contribution in [2.75, 3.05) is 11.1 Å². The monoisotopic (exact) mass is 357 g/mol. The van der Waals surface area contributed by atoms with Gasteiger partial charge in [0.2, 0.25) is 11.1 Å². The minimum atomic E-state index is -0.133. The van der Waals surface area contributed by atoms with E-state index < -0.39 is 0 Å². The number of rotatable bonds is 6. The zero-order valence-corrected chi connectivity index (χ0v) is 15.1. The molecule has 0 bridgehead atoms. The lowest BCUT2D eigenvalue weighted by Crippen LogP contribution is -2.18. The first-order valence-electron chi connectivity index (χ1n) is 7.87. The van der Waals surface area contributed by atoms with Crippen LogP contribution in [-0.4, -0.2) is 41.6 Å². The Hall–Kier alpha value is -2.68. The zero-order valence-electron chi connectivity index (χ0n) is 14.2. The molecule has 25 heavy (non-hydrogen) atoms. The third-order valence-corrected chi connectivity index (χ3v) is 4.46. The van der Waals surface area contributed by atoms with Gasteiger partial charge in [-0.3, -0.25) is 4.79 Å². The molecular formula is C16H19N7OS. The number of anilines is 1. The van der Waals surface area contributed by atoms with E-state index in [0.29, 0.717) is 11.0 Å². The van der Waals surface area contributed by atoms with E-state index in [4.69, 9.17) is 0 Å². The number of aromatic nitrogens is 6. The van der Waals surface area contributed by atoms with Gasteiger partial charge in [-0.15, -0.1) is 5.10 Å². The molecule has 0 unspecified atom stereocenters. The minimum Gasteiger partial charge on any atom is -0.310 e. The lowest BCUT2D eigenvalue weighted by Gasteiger charge is -2.11. The first kappa shape index (κ1) is 17.2. The van der Waals surface area contributed by atoms with Crippen LogP contribution in [0.15, 0.2) is 41.7 Å². The third-order valence-electron chi connectivity index (χ3n) is 3.54. The number of amides is 1. The van der Waals surface area contributed by atoms with Crippen LogP contribution in [0.1, 0.15) is 25.5 Å². The molecular weight excluding hydrogens is 338 g/mol. The van der Waals surface area contributed by atoms with Gasteiger partial charge in [0.25, 0.3) is 0 Å². The lowest BCUT2D eigenvalue weighted by molar-refractivity contribution is -0.113. The molecule has 0 saturated carbocycles. The van der Waals surface area contributed by atoms with E-state index in [-0.39, 0.29) is 17.7 Å². The van der Waals surface area contributed by atoms with E-state index in [1.165, 1.54) is 11.8 Å². The van der Waals surface area contributed by atoms with Gasteiger partial charge in [0.05, 0.1) is 17.6 Å². The average Bonchev–Trinajstić information content (AvgIpc) is 3.22. The van der Waals surface area contributed by atoms with Crippen molar-refractivity contribution in [3.8, 4) is 5.69 Å². The second kappa shape index (κ2) is 7.47. The molecule has 2 heterocycles. The van der Waals surface area contributed by atoms with Crippen LogP contribution in [-0.2, 0) is 4.79 Å². The molecule has 1 amide bonds. The quantitative estimate of drug-likeness (QED) is 0.682. The molecule has 0 aliphatic rings. The number of nitrogens with zero attached hydrogens (tertiary/aromatic N) is 6. The van der Waals surface area contributed by atoms with Gasteiger partial charge in [-0.1, -0.05) is 30.0 Å². The first-order chi connectivity index (χ1) is 12.1. The van der Waals surface area contributed by atoms with E-state index in [9.17, 15) is 4.79 Å². The predicted octanol–water partition coefficient (Wildman–Crippen LogP) is 2.48. The zero-order chi connectivity index (χ0) is 17.8. The molecule has 0 spiro atoms. The van der Waals surface area contributed by atoms with Crippen molar-refractivity contribution in [1.29, 1.82) is 0 Å². The fourth-order valence-electron chi connectivity index (χ4n) is 2.35. The number of benzene rings is 1. The number of para-hydroxylation sites is 1. The number of thioether (sulfide) groups is 1. The molecule has 0 fully saturated rings. The van der Waals surface area contributed by atoms with Crippen molar-refractivity contribution in [2.24, 2.45) is 0 Å². The Morgan fingerprint density at radius 2 is 2.08 bits per heavy atom. The largest absolute Gasteiger partial charge is 0.310 e. The highest BCUT2D eigenvalue weighted by atomic mass is 32.2. The summed E-state index contributed by atoms with van der Waals surface area (Å²) in [5.41, 5.74) is 1.95. The van der Waals surface area contributed by atoms with Crippen molar-refractivity contribution in [3.63, 3.8) is 0 Å². The van der Waals surface area contributed by atoms with Crippen molar-refractivity contribution in [1.82, 2.24) is 30.0 Å². The average molecular weight is 357 g/mol. The van der Waals surface area contributed by atoms with Crippen LogP contribution in [0.25, 0.3) is 5.69 Å². The van der Waals surface area contributed by atoms with E-state index in [2.05, 4.69) is 25.9 Å². The number of carbonyl (C=O) groups is 1. The maximum absolute atomic E-state index is 12.2. The number of nitrogens with one attached hydrogen (secondary N) is 1. The highest BCUT2D eigenvalue weighted by Crippen LogP contribution is 2.21. The molecule has 3 aromatic rings. The van der Waals surface area contributed by atoms with Crippen LogP contribution in [0.2, 0.25) is 0 Å². The molecule has 1 aromatic carbocycles. The molecule has 1 N–H and O–H groups in total. The Morgan fingerprint density at radius 1 is 1.28 bits per heavy atom. The summed E-state index contributed by atoms with van der Waals surface area (Å²) >= 11 is 1.29. The molecule has 8 nitrogen and oxygen atoms in total. The number of carbonyl (C=O) groups excluding carboxylic acids is 1. The summed E-state index contributed by atoms with van der Waals surface area (Å²) in [5, 5.41) is 19.4. The molecule has 3 rings (SSSR count). The van der Waals surface area contributed by atoms with E-state index in [1.54, 1.807) is 21.6 Å². The molecule has 130 valence electrons. The summed E-state index contributed by atoms with van der Waals surface area (Å²) in [6.07, 6.45) is 1.67. The smallest absolute Gasteiger partial charge is 0.235 e. The van der Waals surface area contributed by atoms with Gasteiger partial charge in [0.15, 0.2) is 0 Å². The van der Waals surface area contributed by atoms with Crippen molar-refractivity contribution < 1.29 is 4.79 Å². The van der Waals surface area contributed by atoms with Crippen LogP contribution in [0, 0.1) is 6.92 Å². The van der Waals surface area contributed by atoms with Crippen LogP contribution in [0.4, 0.5) is 5.82 Å². The van der Waals surface area contributed by atoms with Crippen molar-refractivity contribution in [2.45, 2.75) is 32.0 Å². The molecule has 2 aromatic heterocycles. The summed E-state index contributed by atoms with van der Waals surface area (Å²) in [6, 6.07) is 9.77. The van der Waals surface area contributed by atoms with Gasteiger partial charge in [-0.05, 0) is 42.8 Å². The molecule has 0 aliphatic carbocycles. The molecule has 0 radical (unpaired) electrons. The maximum Gasteiger partial charge on any atom is 0.235 e. The number of tetrazole rings is 1. The van der Waals surface area contributed by atoms with E-state index >= 15 is 0 Å². The van der Waals surface area contributed by atoms with Gasteiger partial charge >= 0.3 is 0 Å². The molecule has 9 heteroatoms. The lowest BCUT2D eigenvalue weighted by atomic mass is 10.2. The molecule has 0 aliphatic heterocycles. The molecule has 0 atom stereocenters. The van der Waals surface area contributed by atoms with E-state index in [0.717, 1.165) is 11.3 Å². The van der Waals surface area contributed by atoms with Crippen molar-refractivity contribution in [3.05, 3.63) is 42.1 Å². The SMILES string of the molecule is Cc1ccccc1-n1nnnc1SCC(=O)Nc1ccnn1C(C)C. The number of aryl methyl sites for hydroxylation is 1. The van der Waals surface area contributed by atoms with Crippen LogP contribution < -0.4 is 5.32 Å². The second-order valence-corrected chi connectivity index (χ2v) is 6.69. The Bertz CT molecular complexity index is 871.